The number of benzene rings is 3. The summed E-state index contributed by atoms with van der Waals surface area (Å²) in [6.07, 6.45) is -0.609. The number of carbonyl (C=O) groups is 2. The summed E-state index contributed by atoms with van der Waals surface area (Å²) in [6, 6.07) is 21.9. The van der Waals surface area contributed by atoms with Crippen molar-refractivity contribution in [1.82, 2.24) is 5.48 Å². The van der Waals surface area contributed by atoms with Gasteiger partial charge in [-0.15, -0.1) is 0 Å². The second-order valence-corrected chi connectivity index (χ2v) is 7.68. The highest BCUT2D eigenvalue weighted by atomic mass is 16.7. The van der Waals surface area contributed by atoms with Gasteiger partial charge in [0.15, 0.2) is 5.75 Å². The molecule has 0 spiro atoms. The number of ether oxygens (including phenoxy) is 2. The predicted molar refractivity (Wildman–Crippen MR) is 122 cm³/mol. The molecule has 7 heteroatoms. The van der Waals surface area contributed by atoms with E-state index in [-0.39, 0.29) is 11.3 Å². The van der Waals surface area contributed by atoms with Crippen LogP contribution in [-0.4, -0.2) is 19.1 Å². The van der Waals surface area contributed by atoms with E-state index in [1.165, 1.54) is 6.92 Å². The molecule has 166 valence electrons. The lowest BCUT2D eigenvalue weighted by molar-refractivity contribution is -0.125. The van der Waals surface area contributed by atoms with Crippen molar-refractivity contribution in [1.29, 1.82) is 0 Å². The van der Waals surface area contributed by atoms with Crippen molar-refractivity contribution in [2.45, 2.75) is 26.2 Å². The van der Waals surface area contributed by atoms with Crippen LogP contribution in [0.4, 0.5) is 10.5 Å². The van der Waals surface area contributed by atoms with Gasteiger partial charge in [-0.25, -0.2) is 4.79 Å². The molecule has 3 aromatic rings. The van der Waals surface area contributed by atoms with E-state index in [4.69, 9.17) is 14.3 Å². The zero-order chi connectivity index (χ0) is 23.1. The average Bonchev–Trinajstić information content (AvgIpc) is 2.79. The molecule has 0 saturated carbocycles. The number of hydrogen-bond donors (Lipinski definition) is 2. The first-order valence-corrected chi connectivity index (χ1v) is 10.1. The fourth-order valence-electron chi connectivity index (χ4n) is 3.10. The molecule has 7 nitrogen and oxygen atoms in total. The first-order valence-electron chi connectivity index (χ1n) is 10.1. The molecule has 0 atom stereocenters. The predicted octanol–water partition coefficient (Wildman–Crippen LogP) is 5.06. The molecule has 3 aromatic carbocycles. The van der Waals surface area contributed by atoms with Crippen molar-refractivity contribution in [3.05, 3.63) is 83.9 Å². The first kappa shape index (κ1) is 22.7. The van der Waals surface area contributed by atoms with Gasteiger partial charge in [-0.3, -0.25) is 10.1 Å². The Morgan fingerprint density at radius 2 is 1.25 bits per heavy atom. The number of methoxy groups -OCH3 is 1. The number of hydrogen-bond acceptors (Lipinski definition) is 5. The van der Waals surface area contributed by atoms with E-state index in [0.717, 1.165) is 16.9 Å². The van der Waals surface area contributed by atoms with Crippen LogP contribution in [0.5, 0.6) is 17.2 Å². The first-order chi connectivity index (χ1) is 15.3. The molecule has 0 aliphatic rings. The van der Waals surface area contributed by atoms with Crippen LogP contribution in [-0.2, 0) is 10.2 Å². The Bertz CT molecular complexity index is 1060. The molecule has 2 amide bonds. The van der Waals surface area contributed by atoms with Gasteiger partial charge < -0.3 is 14.3 Å². The van der Waals surface area contributed by atoms with Crippen LogP contribution in [0.25, 0.3) is 0 Å². The summed E-state index contributed by atoms with van der Waals surface area (Å²) in [5.41, 5.74) is 4.77. The van der Waals surface area contributed by atoms with Crippen LogP contribution in [0.3, 0.4) is 0 Å². The topological polar surface area (TPSA) is 85.9 Å². The van der Waals surface area contributed by atoms with E-state index < -0.39 is 6.09 Å². The summed E-state index contributed by atoms with van der Waals surface area (Å²) in [7, 11) is 1.65. The number of rotatable bonds is 7. The molecule has 0 saturated heterocycles. The van der Waals surface area contributed by atoms with Gasteiger partial charge in [0.2, 0.25) is 5.91 Å². The molecule has 0 bridgehead atoms. The largest absolute Gasteiger partial charge is 0.497 e. The van der Waals surface area contributed by atoms with Gasteiger partial charge >= 0.3 is 6.09 Å². The zero-order valence-corrected chi connectivity index (χ0v) is 18.5. The van der Waals surface area contributed by atoms with Crippen LogP contribution in [0.15, 0.2) is 72.8 Å². The lowest BCUT2D eigenvalue weighted by atomic mass is 9.78. The van der Waals surface area contributed by atoms with Gasteiger partial charge in [-0.2, -0.15) is 5.48 Å². The fraction of sp³-hybridized carbons (Fsp3) is 0.200. The third-order valence-electron chi connectivity index (χ3n) is 5.01. The molecule has 0 aromatic heterocycles. The molecular weight excluding hydrogens is 408 g/mol. The Hall–Kier alpha value is -4.00. The van der Waals surface area contributed by atoms with E-state index in [1.807, 2.05) is 36.4 Å². The van der Waals surface area contributed by atoms with Gasteiger partial charge in [-0.1, -0.05) is 38.1 Å². The summed E-state index contributed by atoms with van der Waals surface area (Å²) in [5.74, 6) is 1.37. The second kappa shape index (κ2) is 9.87. The third kappa shape index (κ3) is 5.78. The molecule has 32 heavy (non-hydrogen) atoms. The smallest absolute Gasteiger partial charge is 0.417 e. The minimum Gasteiger partial charge on any atom is -0.497 e. The maximum absolute atomic E-state index is 12.2. The SMILES string of the molecule is COc1ccc(C(C)(C)c2ccc(OC(=O)Nc3ccc(ONC(C)=O)cc3)cc2)cc1. The molecule has 0 heterocycles. The van der Waals surface area contributed by atoms with Gasteiger partial charge in [0, 0.05) is 18.0 Å². The maximum atomic E-state index is 12.2. The quantitative estimate of drug-likeness (QED) is 0.508. The molecule has 0 aliphatic carbocycles. The Morgan fingerprint density at radius 1 is 0.750 bits per heavy atom. The number of hydroxylamine groups is 1. The number of nitrogens with one attached hydrogen (secondary N) is 2. The summed E-state index contributed by atoms with van der Waals surface area (Å²) in [4.78, 5) is 28.1. The molecule has 0 fully saturated rings. The summed E-state index contributed by atoms with van der Waals surface area (Å²) >= 11 is 0. The Labute approximate surface area is 187 Å². The molecule has 3 rings (SSSR count). The van der Waals surface area contributed by atoms with Gasteiger partial charge in [0.05, 0.1) is 7.11 Å². The van der Waals surface area contributed by atoms with E-state index in [2.05, 4.69) is 24.6 Å². The maximum Gasteiger partial charge on any atom is 0.417 e. The molecule has 2 N–H and O–H groups in total. The van der Waals surface area contributed by atoms with E-state index in [9.17, 15) is 9.59 Å². The summed E-state index contributed by atoms with van der Waals surface area (Å²) < 4.78 is 10.6. The van der Waals surface area contributed by atoms with Gasteiger partial charge in [0.1, 0.15) is 11.5 Å². The van der Waals surface area contributed by atoms with Crippen molar-refractivity contribution in [2.24, 2.45) is 0 Å². The zero-order valence-electron chi connectivity index (χ0n) is 18.5. The van der Waals surface area contributed by atoms with Crippen LogP contribution in [0.1, 0.15) is 31.9 Å². The molecule has 0 radical (unpaired) electrons. The molecule has 0 aliphatic heterocycles. The highest BCUT2D eigenvalue weighted by molar-refractivity contribution is 5.86. The number of anilines is 1. The van der Waals surface area contributed by atoms with E-state index in [1.54, 1.807) is 43.5 Å². The minimum absolute atomic E-state index is 0.228. The van der Waals surface area contributed by atoms with Crippen LogP contribution in [0.2, 0.25) is 0 Å². The average molecular weight is 434 g/mol. The van der Waals surface area contributed by atoms with Crippen molar-refractivity contribution >= 4 is 17.7 Å². The normalized spacial score (nSPS) is 10.8. The standard InChI is InChI=1S/C25H26N2O5/c1-17(28)27-32-23-15-9-20(10-16-23)26-24(29)31-22-13-7-19(8-14-22)25(2,3)18-5-11-21(30-4)12-6-18/h5-16H,1-4H3,(H,26,29)(H,27,28). The van der Waals surface area contributed by atoms with Crippen molar-refractivity contribution in [2.75, 3.05) is 12.4 Å². The number of carbonyl (C=O) groups excluding carboxylic acids is 2. The van der Waals surface area contributed by atoms with Gasteiger partial charge in [0.25, 0.3) is 0 Å². The van der Waals surface area contributed by atoms with E-state index >= 15 is 0 Å². The minimum atomic E-state index is -0.609. The summed E-state index contributed by atoms with van der Waals surface area (Å²) in [6.45, 7) is 5.62. The highest BCUT2D eigenvalue weighted by Gasteiger charge is 2.23. The van der Waals surface area contributed by atoms with E-state index in [0.29, 0.717) is 17.2 Å². The number of amides is 2. The Morgan fingerprint density at radius 3 is 1.75 bits per heavy atom. The summed E-state index contributed by atoms with van der Waals surface area (Å²) in [5, 5.41) is 2.65. The lowest BCUT2D eigenvalue weighted by Gasteiger charge is -2.26. The van der Waals surface area contributed by atoms with Crippen molar-refractivity contribution < 1.29 is 23.9 Å². The third-order valence-corrected chi connectivity index (χ3v) is 5.01. The van der Waals surface area contributed by atoms with Crippen LogP contribution < -0.4 is 25.1 Å². The lowest BCUT2D eigenvalue weighted by Crippen LogP contribution is -2.23. The van der Waals surface area contributed by atoms with Crippen LogP contribution in [0, 0.1) is 0 Å². The van der Waals surface area contributed by atoms with Crippen molar-refractivity contribution in [3.63, 3.8) is 0 Å². The molecular formula is C25H26N2O5. The monoisotopic (exact) mass is 434 g/mol. The Kier molecular flexibility index (Phi) is 7.00. The Balaban J connectivity index is 1.59. The molecule has 0 unspecified atom stereocenters. The highest BCUT2D eigenvalue weighted by Crippen LogP contribution is 2.33. The van der Waals surface area contributed by atoms with Crippen LogP contribution >= 0.6 is 0 Å². The van der Waals surface area contributed by atoms with Gasteiger partial charge in [-0.05, 0) is 59.7 Å². The van der Waals surface area contributed by atoms with Crippen molar-refractivity contribution in [3.8, 4) is 17.2 Å². The fourth-order valence-corrected chi connectivity index (χ4v) is 3.10. The second-order valence-electron chi connectivity index (χ2n) is 7.68.